The lowest BCUT2D eigenvalue weighted by molar-refractivity contribution is -0.384. The van der Waals surface area contributed by atoms with Gasteiger partial charge < -0.3 is 5.11 Å². The number of rotatable bonds is 4. The predicted molar refractivity (Wildman–Crippen MR) is 109 cm³/mol. The van der Waals surface area contributed by atoms with Crippen LogP contribution in [-0.4, -0.2) is 26.7 Å². The minimum absolute atomic E-state index is 0.0936. The summed E-state index contributed by atoms with van der Waals surface area (Å²) in [5.74, 6) is -1.98. The van der Waals surface area contributed by atoms with Crippen LogP contribution in [0.25, 0.3) is 5.76 Å². The van der Waals surface area contributed by atoms with E-state index in [1.54, 1.807) is 42.5 Å². The van der Waals surface area contributed by atoms with Gasteiger partial charge in [0, 0.05) is 23.9 Å². The van der Waals surface area contributed by atoms with Crippen LogP contribution in [0, 0.1) is 10.1 Å². The highest BCUT2D eigenvalue weighted by molar-refractivity contribution is 6.51. The molecule has 1 atom stereocenters. The first kappa shape index (κ1) is 19.0. The van der Waals surface area contributed by atoms with Gasteiger partial charge in [-0.1, -0.05) is 30.3 Å². The number of hydrogen-bond acceptors (Lipinski definition) is 6. The summed E-state index contributed by atoms with van der Waals surface area (Å²) in [5, 5.41) is 21.9. The van der Waals surface area contributed by atoms with Gasteiger partial charge in [-0.05, 0) is 29.8 Å². The molecule has 2 heterocycles. The van der Waals surface area contributed by atoms with Crippen molar-refractivity contribution in [2.24, 2.45) is 0 Å². The Balaban J connectivity index is 1.93. The van der Waals surface area contributed by atoms with Gasteiger partial charge in [0.05, 0.1) is 28.4 Å². The van der Waals surface area contributed by atoms with Crippen LogP contribution in [0.15, 0.2) is 84.7 Å². The largest absolute Gasteiger partial charge is 0.507 e. The molecule has 1 aliphatic rings. The first-order valence-corrected chi connectivity index (χ1v) is 9.00. The second kappa shape index (κ2) is 7.59. The maximum atomic E-state index is 12.9. The molecule has 8 nitrogen and oxygen atoms in total. The molecule has 1 N–H and O–H groups in total. The summed E-state index contributed by atoms with van der Waals surface area (Å²) in [4.78, 5) is 41.6. The molecule has 0 aliphatic carbocycles. The van der Waals surface area contributed by atoms with E-state index in [1.165, 1.54) is 41.6 Å². The number of aliphatic hydroxyl groups is 1. The topological polar surface area (TPSA) is 114 Å². The van der Waals surface area contributed by atoms with Crippen LogP contribution in [0.1, 0.15) is 17.2 Å². The standard InChI is InChI=1S/C22H15N3O5/c26-20(15-5-2-1-3-6-15)18-19(14-8-10-16(11-9-14)25(29)30)24(22(28)21(18)27)17-7-4-12-23-13-17/h1-13,19,26H/b20-18+/t19-/m1/s1. The lowest BCUT2D eigenvalue weighted by Gasteiger charge is -2.25. The molecule has 1 aliphatic heterocycles. The molecular formula is C22H15N3O5. The van der Waals surface area contributed by atoms with Crippen molar-refractivity contribution in [3.05, 3.63) is 106 Å². The summed E-state index contributed by atoms with van der Waals surface area (Å²) in [5.41, 5.74) is 0.980. The maximum Gasteiger partial charge on any atom is 0.300 e. The average molecular weight is 401 g/mol. The van der Waals surface area contributed by atoms with E-state index in [9.17, 15) is 24.8 Å². The second-order valence-electron chi connectivity index (χ2n) is 6.59. The zero-order chi connectivity index (χ0) is 21.3. The Labute approximate surface area is 170 Å². The Morgan fingerprint density at radius 1 is 1.00 bits per heavy atom. The molecule has 0 unspecified atom stereocenters. The highest BCUT2D eigenvalue weighted by Crippen LogP contribution is 2.42. The molecule has 1 fully saturated rings. The Morgan fingerprint density at radius 2 is 1.70 bits per heavy atom. The maximum absolute atomic E-state index is 12.9. The van der Waals surface area contributed by atoms with Crippen molar-refractivity contribution < 1.29 is 19.6 Å². The Hall–Kier alpha value is -4.33. The molecule has 1 aromatic heterocycles. The average Bonchev–Trinajstić information content (AvgIpc) is 3.05. The molecule has 0 saturated carbocycles. The number of carbonyl (C=O) groups excluding carboxylic acids is 2. The smallest absolute Gasteiger partial charge is 0.300 e. The molecule has 4 rings (SSSR count). The molecule has 2 aromatic carbocycles. The summed E-state index contributed by atoms with van der Waals surface area (Å²) in [6.45, 7) is 0. The fraction of sp³-hybridized carbons (Fsp3) is 0.0455. The monoisotopic (exact) mass is 401 g/mol. The quantitative estimate of drug-likeness (QED) is 0.235. The zero-order valence-corrected chi connectivity index (χ0v) is 15.5. The van der Waals surface area contributed by atoms with Crippen LogP contribution in [-0.2, 0) is 9.59 Å². The Bertz CT molecular complexity index is 1160. The van der Waals surface area contributed by atoms with Gasteiger partial charge in [0.2, 0.25) is 0 Å². The number of benzene rings is 2. The summed E-state index contributed by atoms with van der Waals surface area (Å²) in [6, 6.07) is 16.2. The molecular weight excluding hydrogens is 386 g/mol. The first-order valence-electron chi connectivity index (χ1n) is 9.00. The summed E-state index contributed by atoms with van der Waals surface area (Å²) >= 11 is 0. The van der Waals surface area contributed by atoms with Gasteiger partial charge in [-0.25, -0.2) is 0 Å². The SMILES string of the molecule is O=C1C(=O)N(c2cccnc2)[C@H](c2ccc([N+](=O)[O-])cc2)/C1=C(\O)c1ccccc1. The third kappa shape index (κ3) is 3.20. The molecule has 0 spiro atoms. The van der Waals surface area contributed by atoms with Gasteiger partial charge >= 0.3 is 0 Å². The number of Topliss-reactive ketones (excluding diaryl/α,β-unsaturated/α-hetero) is 1. The number of nitrogens with zero attached hydrogens (tertiary/aromatic N) is 3. The number of amides is 1. The number of hydrogen-bond donors (Lipinski definition) is 1. The van der Waals surface area contributed by atoms with E-state index in [-0.39, 0.29) is 17.0 Å². The van der Waals surface area contributed by atoms with Gasteiger partial charge in [-0.15, -0.1) is 0 Å². The highest BCUT2D eigenvalue weighted by atomic mass is 16.6. The van der Waals surface area contributed by atoms with Gasteiger partial charge in [-0.2, -0.15) is 0 Å². The first-order chi connectivity index (χ1) is 14.5. The molecule has 30 heavy (non-hydrogen) atoms. The van der Waals surface area contributed by atoms with Crippen molar-refractivity contribution >= 4 is 28.8 Å². The van der Waals surface area contributed by atoms with Crippen molar-refractivity contribution in [3.8, 4) is 0 Å². The number of carbonyl (C=O) groups is 2. The van der Waals surface area contributed by atoms with Gasteiger partial charge in [0.15, 0.2) is 0 Å². The lowest BCUT2D eigenvalue weighted by Crippen LogP contribution is -2.29. The van der Waals surface area contributed by atoms with Crippen LogP contribution in [0.3, 0.4) is 0 Å². The molecule has 148 valence electrons. The Kier molecular flexibility index (Phi) is 4.81. The summed E-state index contributed by atoms with van der Waals surface area (Å²) in [6.07, 6.45) is 2.97. The van der Waals surface area contributed by atoms with E-state index < -0.39 is 22.7 Å². The minimum Gasteiger partial charge on any atom is -0.507 e. The molecule has 0 radical (unpaired) electrons. The van der Waals surface area contributed by atoms with Crippen LogP contribution < -0.4 is 4.90 Å². The number of nitro groups is 1. The third-order valence-electron chi connectivity index (χ3n) is 4.84. The van der Waals surface area contributed by atoms with Gasteiger partial charge in [-0.3, -0.25) is 29.6 Å². The zero-order valence-electron chi connectivity index (χ0n) is 15.5. The lowest BCUT2D eigenvalue weighted by atomic mass is 9.95. The van der Waals surface area contributed by atoms with E-state index >= 15 is 0 Å². The number of aromatic nitrogens is 1. The van der Waals surface area contributed by atoms with Crippen molar-refractivity contribution in [1.29, 1.82) is 0 Å². The fourth-order valence-corrected chi connectivity index (χ4v) is 3.44. The summed E-state index contributed by atoms with van der Waals surface area (Å²) in [7, 11) is 0. The number of ketones is 1. The van der Waals surface area contributed by atoms with E-state index in [0.717, 1.165) is 0 Å². The van der Waals surface area contributed by atoms with Crippen molar-refractivity contribution in [3.63, 3.8) is 0 Å². The fourth-order valence-electron chi connectivity index (χ4n) is 3.44. The number of non-ortho nitro benzene ring substituents is 1. The molecule has 1 saturated heterocycles. The molecule has 1 amide bonds. The highest BCUT2D eigenvalue weighted by Gasteiger charge is 2.47. The number of nitro benzene ring substituents is 1. The van der Waals surface area contributed by atoms with Crippen molar-refractivity contribution in [1.82, 2.24) is 4.98 Å². The third-order valence-corrected chi connectivity index (χ3v) is 4.84. The van der Waals surface area contributed by atoms with Crippen LogP contribution >= 0.6 is 0 Å². The molecule has 3 aromatic rings. The van der Waals surface area contributed by atoms with Crippen LogP contribution in [0.2, 0.25) is 0 Å². The van der Waals surface area contributed by atoms with Gasteiger partial charge in [0.25, 0.3) is 17.4 Å². The summed E-state index contributed by atoms with van der Waals surface area (Å²) < 4.78 is 0. The molecule has 0 bridgehead atoms. The number of pyridine rings is 1. The molecule has 8 heteroatoms. The minimum atomic E-state index is -0.963. The normalized spacial score (nSPS) is 17.9. The predicted octanol–water partition coefficient (Wildman–Crippen LogP) is 3.62. The van der Waals surface area contributed by atoms with Gasteiger partial charge in [0.1, 0.15) is 5.76 Å². The van der Waals surface area contributed by atoms with Crippen molar-refractivity contribution in [2.75, 3.05) is 4.90 Å². The number of anilines is 1. The Morgan fingerprint density at radius 3 is 2.30 bits per heavy atom. The number of aliphatic hydroxyl groups excluding tert-OH is 1. The van der Waals surface area contributed by atoms with Crippen LogP contribution in [0.5, 0.6) is 0 Å². The van der Waals surface area contributed by atoms with E-state index in [4.69, 9.17) is 0 Å². The van der Waals surface area contributed by atoms with E-state index in [2.05, 4.69) is 4.98 Å². The second-order valence-corrected chi connectivity index (χ2v) is 6.59. The van der Waals surface area contributed by atoms with E-state index in [1.807, 2.05) is 0 Å². The van der Waals surface area contributed by atoms with Crippen LogP contribution in [0.4, 0.5) is 11.4 Å². The van der Waals surface area contributed by atoms with Crippen molar-refractivity contribution in [2.45, 2.75) is 6.04 Å². The van der Waals surface area contributed by atoms with E-state index in [0.29, 0.717) is 16.8 Å².